The molecule has 0 saturated heterocycles. The summed E-state index contributed by atoms with van der Waals surface area (Å²) in [6, 6.07) is 9.30. The number of carbonyl (C=O) groups is 1. The minimum Gasteiger partial charge on any atom is -0.461 e. The number of fused-ring (bicyclic) bond motifs is 1. The van der Waals surface area contributed by atoms with Crippen LogP contribution in [0.4, 0.5) is 0 Å². The number of aryl methyl sites for hydroxylation is 1. The number of aromatic nitrogens is 1. The molecule has 1 aromatic heterocycles. The van der Waals surface area contributed by atoms with E-state index in [-0.39, 0.29) is 5.97 Å². The van der Waals surface area contributed by atoms with E-state index in [2.05, 4.69) is 6.07 Å². The molecule has 0 atom stereocenters. The molecule has 0 aliphatic heterocycles. The van der Waals surface area contributed by atoms with Crippen LogP contribution in [0.5, 0.6) is 0 Å². The maximum absolute atomic E-state index is 11.8. The number of esters is 1. The minimum absolute atomic E-state index is 0.325. The van der Waals surface area contributed by atoms with Gasteiger partial charge in [0.05, 0.1) is 18.2 Å². The third-order valence-corrected chi connectivity index (χ3v) is 2.83. The molecule has 0 fully saturated rings. The Morgan fingerprint density at radius 3 is 2.78 bits per heavy atom. The van der Waals surface area contributed by atoms with Crippen LogP contribution in [0, 0.1) is 11.3 Å². The normalized spacial score (nSPS) is 10.3. The number of hydrogen-bond acceptors (Lipinski definition) is 3. The van der Waals surface area contributed by atoms with Crippen molar-refractivity contribution in [1.82, 2.24) is 4.57 Å². The van der Waals surface area contributed by atoms with Crippen LogP contribution in [-0.2, 0) is 11.3 Å². The van der Waals surface area contributed by atoms with Crippen molar-refractivity contribution >= 4 is 16.9 Å². The van der Waals surface area contributed by atoms with Gasteiger partial charge >= 0.3 is 5.97 Å². The Bertz CT molecular complexity index is 635. The first-order valence-electron chi connectivity index (χ1n) is 5.91. The summed E-state index contributed by atoms with van der Waals surface area (Å²) in [6.07, 6.45) is 0. The number of nitriles is 1. The summed E-state index contributed by atoms with van der Waals surface area (Å²) >= 11 is 0. The molecule has 18 heavy (non-hydrogen) atoms. The fourth-order valence-corrected chi connectivity index (χ4v) is 2.04. The largest absolute Gasteiger partial charge is 0.461 e. The van der Waals surface area contributed by atoms with Crippen molar-refractivity contribution in [1.29, 1.82) is 5.26 Å². The summed E-state index contributed by atoms with van der Waals surface area (Å²) in [5.41, 5.74) is 2.01. The lowest BCUT2D eigenvalue weighted by Gasteiger charge is -2.06. The molecule has 0 unspecified atom stereocenters. The van der Waals surface area contributed by atoms with Crippen molar-refractivity contribution in [2.45, 2.75) is 20.4 Å². The zero-order valence-corrected chi connectivity index (χ0v) is 10.4. The molecule has 0 aliphatic carbocycles. The van der Waals surface area contributed by atoms with Crippen LogP contribution in [0.3, 0.4) is 0 Å². The van der Waals surface area contributed by atoms with Gasteiger partial charge in [-0.15, -0.1) is 0 Å². The van der Waals surface area contributed by atoms with E-state index in [0.29, 0.717) is 24.4 Å². The van der Waals surface area contributed by atoms with E-state index >= 15 is 0 Å². The van der Waals surface area contributed by atoms with Gasteiger partial charge in [0.25, 0.3) is 0 Å². The fraction of sp³-hybridized carbons (Fsp3) is 0.286. The number of rotatable bonds is 3. The second-order valence-corrected chi connectivity index (χ2v) is 3.88. The maximum atomic E-state index is 11.8. The van der Waals surface area contributed by atoms with Gasteiger partial charge in [-0.25, -0.2) is 4.79 Å². The Hall–Kier alpha value is -2.28. The molecule has 2 rings (SSSR count). The average Bonchev–Trinajstić information content (AvgIpc) is 2.76. The van der Waals surface area contributed by atoms with Crippen LogP contribution in [0.25, 0.3) is 10.9 Å². The van der Waals surface area contributed by atoms with E-state index in [1.165, 1.54) is 0 Å². The highest BCUT2D eigenvalue weighted by Crippen LogP contribution is 2.22. The first kappa shape index (κ1) is 12.2. The Labute approximate surface area is 105 Å². The molecule has 0 saturated carbocycles. The number of hydrogen-bond donors (Lipinski definition) is 0. The molecule has 2 aromatic rings. The SMILES string of the molecule is CCOC(=O)c1cc2ccc(C#N)cc2n1CC. The van der Waals surface area contributed by atoms with Gasteiger partial charge in [0.1, 0.15) is 5.69 Å². The zero-order chi connectivity index (χ0) is 13.1. The van der Waals surface area contributed by atoms with Gasteiger partial charge in [-0.1, -0.05) is 6.07 Å². The van der Waals surface area contributed by atoms with Gasteiger partial charge in [-0.3, -0.25) is 0 Å². The highest BCUT2D eigenvalue weighted by Gasteiger charge is 2.15. The fourth-order valence-electron chi connectivity index (χ4n) is 2.04. The van der Waals surface area contributed by atoms with E-state index in [0.717, 1.165) is 10.9 Å². The lowest BCUT2D eigenvalue weighted by atomic mass is 10.2. The van der Waals surface area contributed by atoms with E-state index in [1.807, 2.05) is 17.6 Å². The molecule has 0 radical (unpaired) electrons. The van der Waals surface area contributed by atoms with Crippen molar-refractivity contribution < 1.29 is 9.53 Å². The Morgan fingerprint density at radius 2 is 2.17 bits per heavy atom. The van der Waals surface area contributed by atoms with Crippen LogP contribution in [0.2, 0.25) is 0 Å². The van der Waals surface area contributed by atoms with E-state index in [1.54, 1.807) is 25.1 Å². The van der Waals surface area contributed by atoms with Crippen LogP contribution >= 0.6 is 0 Å². The lowest BCUT2D eigenvalue weighted by molar-refractivity contribution is 0.0514. The molecular formula is C14H14N2O2. The molecule has 0 spiro atoms. The summed E-state index contributed by atoms with van der Waals surface area (Å²) < 4.78 is 6.90. The van der Waals surface area contributed by atoms with Crippen molar-refractivity contribution in [3.63, 3.8) is 0 Å². The second kappa shape index (κ2) is 4.92. The first-order valence-corrected chi connectivity index (χ1v) is 5.91. The summed E-state index contributed by atoms with van der Waals surface area (Å²) in [7, 11) is 0. The predicted molar refractivity (Wildman–Crippen MR) is 68.3 cm³/mol. The van der Waals surface area contributed by atoms with Gasteiger partial charge in [0.15, 0.2) is 0 Å². The topological polar surface area (TPSA) is 55.0 Å². The van der Waals surface area contributed by atoms with Gasteiger partial charge in [0.2, 0.25) is 0 Å². The Balaban J connectivity index is 2.62. The van der Waals surface area contributed by atoms with Crippen LogP contribution < -0.4 is 0 Å². The Morgan fingerprint density at radius 1 is 1.39 bits per heavy atom. The zero-order valence-electron chi connectivity index (χ0n) is 10.4. The number of benzene rings is 1. The standard InChI is InChI=1S/C14H14N2O2/c1-3-16-12-7-10(9-15)5-6-11(12)8-13(16)14(17)18-4-2/h5-8H,3-4H2,1-2H3. The van der Waals surface area contributed by atoms with Gasteiger partial charge in [-0.2, -0.15) is 5.26 Å². The first-order chi connectivity index (χ1) is 8.71. The Kier molecular flexibility index (Phi) is 3.33. The molecule has 0 amide bonds. The summed E-state index contributed by atoms with van der Waals surface area (Å²) in [6.45, 7) is 4.76. The summed E-state index contributed by atoms with van der Waals surface area (Å²) in [5.74, 6) is -0.325. The van der Waals surface area contributed by atoms with Crippen molar-refractivity contribution in [3.8, 4) is 6.07 Å². The molecule has 1 heterocycles. The maximum Gasteiger partial charge on any atom is 0.354 e. The molecule has 0 bridgehead atoms. The molecule has 4 nitrogen and oxygen atoms in total. The van der Waals surface area contributed by atoms with Crippen LogP contribution in [-0.4, -0.2) is 17.1 Å². The van der Waals surface area contributed by atoms with Gasteiger partial charge in [0, 0.05) is 17.4 Å². The average molecular weight is 242 g/mol. The van der Waals surface area contributed by atoms with E-state index in [9.17, 15) is 4.79 Å². The smallest absolute Gasteiger partial charge is 0.354 e. The van der Waals surface area contributed by atoms with E-state index in [4.69, 9.17) is 10.00 Å². The van der Waals surface area contributed by atoms with Crippen molar-refractivity contribution in [3.05, 3.63) is 35.5 Å². The monoisotopic (exact) mass is 242 g/mol. The summed E-state index contributed by atoms with van der Waals surface area (Å²) in [4.78, 5) is 11.8. The van der Waals surface area contributed by atoms with Gasteiger partial charge < -0.3 is 9.30 Å². The molecule has 4 heteroatoms. The van der Waals surface area contributed by atoms with Crippen LogP contribution in [0.15, 0.2) is 24.3 Å². The quantitative estimate of drug-likeness (QED) is 0.777. The van der Waals surface area contributed by atoms with E-state index < -0.39 is 0 Å². The molecule has 0 aliphatic rings. The van der Waals surface area contributed by atoms with Crippen molar-refractivity contribution in [2.75, 3.05) is 6.61 Å². The minimum atomic E-state index is -0.325. The molecule has 1 aromatic carbocycles. The van der Waals surface area contributed by atoms with Crippen LogP contribution in [0.1, 0.15) is 29.9 Å². The molecule has 92 valence electrons. The number of carbonyl (C=O) groups excluding carboxylic acids is 1. The number of ether oxygens (including phenoxy) is 1. The highest BCUT2D eigenvalue weighted by molar-refractivity contribution is 5.96. The number of nitrogens with zero attached hydrogens (tertiary/aromatic N) is 2. The second-order valence-electron chi connectivity index (χ2n) is 3.88. The molecule has 0 N–H and O–H groups in total. The van der Waals surface area contributed by atoms with Crippen molar-refractivity contribution in [2.24, 2.45) is 0 Å². The third kappa shape index (κ3) is 1.95. The highest BCUT2D eigenvalue weighted by atomic mass is 16.5. The lowest BCUT2D eigenvalue weighted by Crippen LogP contribution is -2.11. The summed E-state index contributed by atoms with van der Waals surface area (Å²) in [5, 5.41) is 9.85. The third-order valence-electron chi connectivity index (χ3n) is 2.83. The van der Waals surface area contributed by atoms with Gasteiger partial charge in [-0.05, 0) is 32.0 Å². The predicted octanol–water partition coefficient (Wildman–Crippen LogP) is 2.71. The molecular weight excluding hydrogens is 228 g/mol.